The van der Waals surface area contributed by atoms with Crippen molar-refractivity contribution in [2.75, 3.05) is 19.8 Å². The number of carbonyl (C=O) groups excluding carboxylic acids is 1. The first kappa shape index (κ1) is 19.1. The van der Waals surface area contributed by atoms with Crippen LogP contribution < -0.4 is 19.5 Å². The van der Waals surface area contributed by atoms with E-state index in [0.29, 0.717) is 25.4 Å². The Morgan fingerprint density at radius 2 is 1.78 bits per heavy atom. The first-order chi connectivity index (χ1) is 13.1. The summed E-state index contributed by atoms with van der Waals surface area (Å²) in [5, 5.41) is 3.15. The highest BCUT2D eigenvalue weighted by atomic mass is 16.5. The molecule has 144 valence electrons. The van der Waals surface area contributed by atoms with Gasteiger partial charge in [-0.3, -0.25) is 4.79 Å². The minimum Gasteiger partial charge on any atom is -0.494 e. The van der Waals surface area contributed by atoms with Gasteiger partial charge < -0.3 is 19.5 Å². The van der Waals surface area contributed by atoms with E-state index in [1.54, 1.807) is 12.1 Å². The normalized spacial score (nSPS) is 14.4. The zero-order chi connectivity index (χ0) is 19.2. The summed E-state index contributed by atoms with van der Waals surface area (Å²) in [4.78, 5) is 12.7. The Bertz CT molecular complexity index is 770. The molecule has 1 N–H and O–H groups in total. The fraction of sp³-hybridized carbons (Fsp3) is 0.409. The molecule has 5 heteroatoms. The van der Waals surface area contributed by atoms with E-state index in [0.717, 1.165) is 29.2 Å². The van der Waals surface area contributed by atoms with Gasteiger partial charge in [0.05, 0.1) is 25.9 Å². The van der Waals surface area contributed by atoms with Gasteiger partial charge >= 0.3 is 0 Å². The second-order valence-corrected chi connectivity index (χ2v) is 6.91. The number of hydrogen-bond donors (Lipinski definition) is 1. The zero-order valence-electron chi connectivity index (χ0n) is 16.2. The summed E-state index contributed by atoms with van der Waals surface area (Å²) in [6, 6.07) is 13.0. The monoisotopic (exact) mass is 369 g/mol. The maximum absolute atomic E-state index is 12.7. The molecule has 1 heterocycles. The molecule has 1 atom stereocenters. The lowest BCUT2D eigenvalue weighted by Crippen LogP contribution is -2.31. The highest BCUT2D eigenvalue weighted by Gasteiger charge is 2.21. The summed E-state index contributed by atoms with van der Waals surface area (Å²) in [6.45, 7) is 8.02. The molecule has 1 unspecified atom stereocenters. The van der Waals surface area contributed by atoms with Gasteiger partial charge in [0.1, 0.15) is 5.75 Å². The van der Waals surface area contributed by atoms with Crippen LogP contribution in [0.15, 0.2) is 42.5 Å². The SMILES string of the molecule is CCOc1ccc(C(=O)NC(c2ccc3c(c2)OCCCO3)C(C)C)cc1. The molecule has 0 saturated carbocycles. The Balaban J connectivity index is 1.77. The van der Waals surface area contributed by atoms with Crippen molar-refractivity contribution >= 4 is 5.91 Å². The molecule has 0 bridgehead atoms. The van der Waals surface area contributed by atoms with Gasteiger partial charge in [-0.15, -0.1) is 0 Å². The predicted octanol–water partition coefficient (Wildman–Crippen LogP) is 4.37. The highest BCUT2D eigenvalue weighted by molar-refractivity contribution is 5.94. The molecule has 0 saturated heterocycles. The first-order valence-corrected chi connectivity index (χ1v) is 9.51. The number of fused-ring (bicyclic) bond motifs is 1. The predicted molar refractivity (Wildman–Crippen MR) is 105 cm³/mol. The van der Waals surface area contributed by atoms with Crippen molar-refractivity contribution in [2.45, 2.75) is 33.2 Å². The van der Waals surface area contributed by atoms with Crippen LogP contribution in [0.4, 0.5) is 0 Å². The quantitative estimate of drug-likeness (QED) is 0.821. The molecule has 2 aromatic rings. The van der Waals surface area contributed by atoms with E-state index in [1.165, 1.54) is 0 Å². The third kappa shape index (κ3) is 4.73. The summed E-state index contributed by atoms with van der Waals surface area (Å²) in [6.07, 6.45) is 0.867. The van der Waals surface area contributed by atoms with E-state index in [4.69, 9.17) is 14.2 Å². The fourth-order valence-corrected chi connectivity index (χ4v) is 3.10. The zero-order valence-corrected chi connectivity index (χ0v) is 16.2. The van der Waals surface area contributed by atoms with Gasteiger partial charge in [-0.25, -0.2) is 0 Å². The van der Waals surface area contributed by atoms with Crippen molar-refractivity contribution in [2.24, 2.45) is 5.92 Å². The van der Waals surface area contributed by atoms with Crippen molar-refractivity contribution in [3.05, 3.63) is 53.6 Å². The van der Waals surface area contributed by atoms with Crippen LogP contribution in [0.1, 0.15) is 49.2 Å². The standard InChI is InChI=1S/C22H27NO4/c1-4-25-18-9-6-16(7-10-18)22(24)23-21(15(2)3)17-8-11-19-20(14-17)27-13-5-12-26-19/h6-11,14-15,21H,4-5,12-13H2,1-3H3,(H,23,24). The van der Waals surface area contributed by atoms with E-state index >= 15 is 0 Å². The van der Waals surface area contributed by atoms with Gasteiger partial charge in [-0.05, 0) is 54.8 Å². The Kier molecular flexibility index (Phi) is 6.22. The molecule has 2 aromatic carbocycles. The first-order valence-electron chi connectivity index (χ1n) is 9.51. The van der Waals surface area contributed by atoms with Crippen LogP contribution >= 0.6 is 0 Å². The van der Waals surface area contributed by atoms with Crippen molar-refractivity contribution < 1.29 is 19.0 Å². The second kappa shape index (κ2) is 8.80. The molecule has 0 radical (unpaired) electrons. The number of amides is 1. The maximum Gasteiger partial charge on any atom is 0.251 e. The molecule has 3 rings (SSSR count). The smallest absolute Gasteiger partial charge is 0.251 e. The van der Waals surface area contributed by atoms with Crippen LogP contribution in [-0.4, -0.2) is 25.7 Å². The van der Waals surface area contributed by atoms with Crippen LogP contribution in [0, 0.1) is 5.92 Å². The van der Waals surface area contributed by atoms with E-state index in [2.05, 4.69) is 19.2 Å². The Morgan fingerprint density at radius 1 is 1.07 bits per heavy atom. The van der Waals surface area contributed by atoms with Crippen molar-refractivity contribution in [3.63, 3.8) is 0 Å². The van der Waals surface area contributed by atoms with Gasteiger partial charge in [0.15, 0.2) is 11.5 Å². The number of hydrogen-bond acceptors (Lipinski definition) is 4. The van der Waals surface area contributed by atoms with Crippen LogP contribution in [0.5, 0.6) is 17.2 Å². The lowest BCUT2D eigenvalue weighted by molar-refractivity contribution is 0.0925. The molecule has 0 aromatic heterocycles. The Hall–Kier alpha value is -2.69. The van der Waals surface area contributed by atoms with E-state index in [1.807, 2.05) is 37.3 Å². The largest absolute Gasteiger partial charge is 0.494 e. The Labute approximate surface area is 160 Å². The van der Waals surface area contributed by atoms with Crippen LogP contribution in [-0.2, 0) is 0 Å². The lowest BCUT2D eigenvalue weighted by atomic mass is 9.95. The minimum atomic E-state index is -0.124. The number of benzene rings is 2. The summed E-state index contributed by atoms with van der Waals surface area (Å²) >= 11 is 0. The highest BCUT2D eigenvalue weighted by Crippen LogP contribution is 2.34. The Morgan fingerprint density at radius 3 is 2.44 bits per heavy atom. The molecule has 1 aliphatic heterocycles. The molecule has 0 spiro atoms. The molecule has 5 nitrogen and oxygen atoms in total. The molecule has 0 aliphatic carbocycles. The van der Waals surface area contributed by atoms with Gasteiger partial charge in [0, 0.05) is 12.0 Å². The van der Waals surface area contributed by atoms with Gasteiger partial charge in [-0.2, -0.15) is 0 Å². The van der Waals surface area contributed by atoms with Gasteiger partial charge in [0.2, 0.25) is 0 Å². The van der Waals surface area contributed by atoms with Crippen LogP contribution in [0.2, 0.25) is 0 Å². The second-order valence-electron chi connectivity index (χ2n) is 6.91. The number of rotatable bonds is 6. The van der Waals surface area contributed by atoms with E-state index < -0.39 is 0 Å². The number of carbonyl (C=O) groups is 1. The summed E-state index contributed by atoms with van der Waals surface area (Å²) in [5.41, 5.74) is 1.62. The molecular weight excluding hydrogens is 342 g/mol. The summed E-state index contributed by atoms with van der Waals surface area (Å²) in [7, 11) is 0. The van der Waals surface area contributed by atoms with Crippen molar-refractivity contribution in [1.29, 1.82) is 0 Å². The summed E-state index contributed by atoms with van der Waals surface area (Å²) in [5.74, 6) is 2.38. The number of ether oxygens (including phenoxy) is 3. The number of nitrogens with one attached hydrogen (secondary N) is 1. The van der Waals surface area contributed by atoms with E-state index in [9.17, 15) is 4.79 Å². The summed E-state index contributed by atoms with van der Waals surface area (Å²) < 4.78 is 16.9. The van der Waals surface area contributed by atoms with Gasteiger partial charge in [0.25, 0.3) is 5.91 Å². The average Bonchev–Trinajstić information content (AvgIpc) is 2.91. The van der Waals surface area contributed by atoms with Gasteiger partial charge in [-0.1, -0.05) is 19.9 Å². The van der Waals surface area contributed by atoms with Crippen molar-refractivity contribution in [3.8, 4) is 17.2 Å². The topological polar surface area (TPSA) is 56.8 Å². The molecular formula is C22H27NO4. The minimum absolute atomic E-state index is 0.108. The van der Waals surface area contributed by atoms with Crippen LogP contribution in [0.25, 0.3) is 0 Å². The fourth-order valence-electron chi connectivity index (χ4n) is 3.10. The molecule has 27 heavy (non-hydrogen) atoms. The average molecular weight is 369 g/mol. The maximum atomic E-state index is 12.7. The lowest BCUT2D eigenvalue weighted by Gasteiger charge is -2.24. The van der Waals surface area contributed by atoms with Crippen LogP contribution in [0.3, 0.4) is 0 Å². The third-order valence-electron chi connectivity index (χ3n) is 4.51. The molecule has 1 amide bonds. The molecule has 0 fully saturated rings. The third-order valence-corrected chi connectivity index (χ3v) is 4.51. The van der Waals surface area contributed by atoms with Crippen molar-refractivity contribution in [1.82, 2.24) is 5.32 Å². The molecule has 1 aliphatic rings. The van der Waals surface area contributed by atoms with E-state index in [-0.39, 0.29) is 17.9 Å².